The van der Waals surface area contributed by atoms with Gasteiger partial charge in [-0.2, -0.15) is 0 Å². The van der Waals surface area contributed by atoms with Gasteiger partial charge in [0.05, 0.1) is 5.56 Å². The second-order valence-corrected chi connectivity index (χ2v) is 4.20. The molecule has 18 heavy (non-hydrogen) atoms. The Hall–Kier alpha value is -1.75. The van der Waals surface area contributed by atoms with Crippen LogP contribution in [0.3, 0.4) is 0 Å². The lowest BCUT2D eigenvalue weighted by Crippen LogP contribution is -2.29. The van der Waals surface area contributed by atoms with Crippen LogP contribution in [0.4, 0.5) is 4.39 Å². The molecule has 1 amide bonds. The molecule has 0 heterocycles. The lowest BCUT2D eigenvalue weighted by atomic mass is 10.2. The highest BCUT2D eigenvalue weighted by atomic mass is 79.9. The fourth-order valence-corrected chi connectivity index (χ4v) is 1.52. The summed E-state index contributed by atoms with van der Waals surface area (Å²) in [5.41, 5.74) is -0.0358. The van der Waals surface area contributed by atoms with Crippen molar-refractivity contribution in [2.24, 2.45) is 4.99 Å². The number of nitrogens with one attached hydrogen (secondary N) is 1. The second-order valence-electron chi connectivity index (χ2n) is 3.28. The van der Waals surface area contributed by atoms with E-state index in [1.165, 1.54) is 19.2 Å². The normalized spacial score (nSPS) is 11.6. The predicted molar refractivity (Wildman–Crippen MR) is 74.3 cm³/mol. The van der Waals surface area contributed by atoms with Crippen LogP contribution < -0.4 is 5.32 Å². The number of carbonyl (C=O) groups is 1. The van der Waals surface area contributed by atoms with Crippen molar-refractivity contribution < 1.29 is 9.18 Å². The molecule has 0 unspecified atom stereocenters. The Balaban J connectivity index is 2.88. The van der Waals surface area contributed by atoms with Crippen molar-refractivity contribution in [3.05, 3.63) is 58.9 Å². The van der Waals surface area contributed by atoms with Crippen LogP contribution in [-0.4, -0.2) is 18.8 Å². The molecular formula is C13H12BrFN2O. The highest BCUT2D eigenvalue weighted by molar-refractivity contribution is 9.10. The molecule has 3 nitrogen and oxygen atoms in total. The summed E-state index contributed by atoms with van der Waals surface area (Å²) in [6.07, 6.45) is 4.75. The van der Waals surface area contributed by atoms with Crippen LogP contribution in [0.1, 0.15) is 10.4 Å². The summed E-state index contributed by atoms with van der Waals surface area (Å²) >= 11 is 3.13. The van der Waals surface area contributed by atoms with Gasteiger partial charge in [0.2, 0.25) is 0 Å². The Kier molecular flexibility index (Phi) is 5.45. The van der Waals surface area contributed by atoms with Crippen molar-refractivity contribution in [3.63, 3.8) is 0 Å². The highest BCUT2D eigenvalue weighted by Crippen LogP contribution is 2.15. The number of amidine groups is 1. The maximum atomic E-state index is 13.5. The molecule has 0 aliphatic rings. The molecule has 0 aliphatic heterocycles. The van der Waals surface area contributed by atoms with Crippen molar-refractivity contribution >= 4 is 27.7 Å². The Morgan fingerprint density at radius 2 is 2.28 bits per heavy atom. The van der Waals surface area contributed by atoms with Gasteiger partial charge in [0.1, 0.15) is 11.7 Å². The first kappa shape index (κ1) is 14.3. The minimum atomic E-state index is -0.593. The first-order chi connectivity index (χ1) is 8.58. The zero-order valence-corrected chi connectivity index (χ0v) is 11.4. The molecular weight excluding hydrogens is 299 g/mol. The molecule has 1 aromatic rings. The number of benzene rings is 1. The summed E-state index contributed by atoms with van der Waals surface area (Å²) in [4.78, 5) is 15.7. The van der Waals surface area contributed by atoms with E-state index in [0.717, 1.165) is 0 Å². The second kappa shape index (κ2) is 6.86. The Morgan fingerprint density at radius 1 is 1.56 bits per heavy atom. The number of carbonyl (C=O) groups excluding carboxylic acids is 1. The van der Waals surface area contributed by atoms with Crippen LogP contribution in [0.15, 0.2) is 52.5 Å². The van der Waals surface area contributed by atoms with Crippen molar-refractivity contribution in [1.82, 2.24) is 5.32 Å². The molecule has 0 spiro atoms. The Bertz CT molecular complexity index is 524. The topological polar surface area (TPSA) is 41.5 Å². The Morgan fingerprint density at radius 3 is 2.83 bits per heavy atom. The maximum absolute atomic E-state index is 13.5. The number of rotatable bonds is 3. The zero-order chi connectivity index (χ0) is 13.5. The summed E-state index contributed by atoms with van der Waals surface area (Å²) in [5.74, 6) is -0.804. The van der Waals surface area contributed by atoms with E-state index in [9.17, 15) is 9.18 Å². The number of amides is 1. The Labute approximate surface area is 113 Å². The van der Waals surface area contributed by atoms with Crippen molar-refractivity contribution in [3.8, 4) is 0 Å². The zero-order valence-electron chi connectivity index (χ0n) is 9.78. The van der Waals surface area contributed by atoms with Crippen LogP contribution in [-0.2, 0) is 0 Å². The molecule has 0 aliphatic carbocycles. The van der Waals surface area contributed by atoms with Crippen molar-refractivity contribution in [2.75, 3.05) is 7.05 Å². The first-order valence-electron chi connectivity index (χ1n) is 5.10. The molecule has 0 atom stereocenters. The minimum Gasteiger partial charge on any atom is -0.307 e. The fraction of sp³-hybridized carbons (Fsp3) is 0.0769. The van der Waals surface area contributed by atoms with Gasteiger partial charge in [-0.1, -0.05) is 34.7 Å². The number of allylic oxidation sites excluding steroid dienone is 2. The smallest absolute Gasteiger partial charge is 0.259 e. The van der Waals surface area contributed by atoms with E-state index < -0.39 is 11.7 Å². The van der Waals surface area contributed by atoms with Gasteiger partial charge >= 0.3 is 0 Å². The van der Waals surface area contributed by atoms with Crippen molar-refractivity contribution in [1.29, 1.82) is 0 Å². The molecule has 0 fully saturated rings. The average Bonchev–Trinajstić information content (AvgIpc) is 2.34. The molecule has 1 aromatic carbocycles. The number of aliphatic imine (C=N–C) groups is 1. The van der Waals surface area contributed by atoms with Gasteiger partial charge in [-0.25, -0.2) is 4.39 Å². The molecule has 5 heteroatoms. The van der Waals surface area contributed by atoms with Crippen LogP contribution in [0.25, 0.3) is 0 Å². The van der Waals surface area contributed by atoms with Crippen molar-refractivity contribution in [2.45, 2.75) is 0 Å². The van der Waals surface area contributed by atoms with Crippen LogP contribution in [0, 0.1) is 5.82 Å². The van der Waals surface area contributed by atoms with E-state index in [-0.39, 0.29) is 5.56 Å². The first-order valence-corrected chi connectivity index (χ1v) is 5.90. The van der Waals surface area contributed by atoms with Gasteiger partial charge in [0, 0.05) is 11.5 Å². The quantitative estimate of drug-likeness (QED) is 0.520. The standard InChI is InChI=1S/C13H12BrFN2O/c1-3-4-5-12(16-2)17-13(18)10-7-6-9(14)8-11(10)15/h3-8H,1H2,2H3,(H,16,17,18)/b5-4-. The lowest BCUT2D eigenvalue weighted by molar-refractivity contribution is 0.0973. The summed E-state index contributed by atoms with van der Waals surface area (Å²) in [6.45, 7) is 3.51. The van der Waals surface area contributed by atoms with E-state index in [4.69, 9.17) is 0 Å². The van der Waals surface area contributed by atoms with Gasteiger partial charge in [-0.3, -0.25) is 9.79 Å². The molecule has 0 aromatic heterocycles. The third-order valence-corrected chi connectivity index (χ3v) is 2.54. The molecule has 0 radical (unpaired) electrons. The minimum absolute atomic E-state index is 0.0358. The molecule has 1 N–H and O–H groups in total. The molecule has 0 bridgehead atoms. The molecule has 0 saturated carbocycles. The van der Waals surface area contributed by atoms with E-state index in [0.29, 0.717) is 10.3 Å². The molecule has 1 rings (SSSR count). The average molecular weight is 311 g/mol. The summed E-state index contributed by atoms with van der Waals surface area (Å²) in [6, 6.07) is 4.23. The third kappa shape index (κ3) is 3.92. The third-order valence-electron chi connectivity index (χ3n) is 2.05. The van der Waals surface area contributed by atoms with E-state index in [1.54, 1.807) is 24.3 Å². The number of hydrogen-bond acceptors (Lipinski definition) is 2. The van der Waals surface area contributed by atoms with Gasteiger partial charge in [-0.15, -0.1) is 0 Å². The lowest BCUT2D eigenvalue weighted by Gasteiger charge is -2.05. The highest BCUT2D eigenvalue weighted by Gasteiger charge is 2.12. The van der Waals surface area contributed by atoms with E-state index >= 15 is 0 Å². The fourth-order valence-electron chi connectivity index (χ4n) is 1.19. The van der Waals surface area contributed by atoms with E-state index in [2.05, 4.69) is 32.8 Å². The number of hydrogen-bond donors (Lipinski definition) is 1. The van der Waals surface area contributed by atoms with Crippen LogP contribution in [0.2, 0.25) is 0 Å². The van der Waals surface area contributed by atoms with Crippen LogP contribution >= 0.6 is 15.9 Å². The predicted octanol–water partition coefficient (Wildman–Crippen LogP) is 3.09. The summed E-state index contributed by atoms with van der Waals surface area (Å²) in [7, 11) is 1.53. The molecule has 0 saturated heterocycles. The number of halogens is 2. The number of nitrogens with zero attached hydrogens (tertiary/aromatic N) is 1. The maximum Gasteiger partial charge on any atom is 0.259 e. The van der Waals surface area contributed by atoms with E-state index in [1.807, 2.05) is 0 Å². The summed E-state index contributed by atoms with van der Waals surface area (Å²) < 4.78 is 14.1. The van der Waals surface area contributed by atoms with Gasteiger partial charge in [0.25, 0.3) is 5.91 Å². The largest absolute Gasteiger partial charge is 0.307 e. The van der Waals surface area contributed by atoms with Gasteiger partial charge < -0.3 is 5.32 Å². The summed E-state index contributed by atoms with van der Waals surface area (Å²) in [5, 5.41) is 2.50. The van der Waals surface area contributed by atoms with Gasteiger partial charge in [0.15, 0.2) is 0 Å². The monoisotopic (exact) mass is 310 g/mol. The SMILES string of the molecule is C=C/C=C\C(=NC)NC(=O)c1ccc(Br)cc1F. The molecule has 94 valence electrons. The van der Waals surface area contributed by atoms with Gasteiger partial charge in [-0.05, 0) is 24.3 Å². The van der Waals surface area contributed by atoms with Crippen LogP contribution in [0.5, 0.6) is 0 Å².